The molecule has 2 N–H and O–H groups in total. The molecular formula is C19H20N2O. The predicted molar refractivity (Wildman–Crippen MR) is 95.2 cm³/mol. The van der Waals surface area contributed by atoms with Crippen LogP contribution in [0.25, 0.3) is 27.9 Å². The Morgan fingerprint density at radius 1 is 1.14 bits per heavy atom. The van der Waals surface area contributed by atoms with Crippen LogP contribution in [0.2, 0.25) is 0 Å². The molecule has 0 saturated carbocycles. The van der Waals surface area contributed by atoms with Crippen molar-refractivity contribution >= 4 is 34.1 Å². The molecular weight excluding hydrogens is 272 g/mol. The lowest BCUT2D eigenvalue weighted by Gasteiger charge is -2.12. The SMILES string of the molecule is C/C=C\c1c(/C=N/C)c(C)c2c([nH]c3ccc(O)cc32)c1C. The number of phenolic OH excluding ortho intramolecular Hbond substituents is 1. The van der Waals surface area contributed by atoms with Crippen molar-refractivity contribution in [1.29, 1.82) is 0 Å². The zero-order valence-corrected chi connectivity index (χ0v) is 13.4. The molecule has 0 atom stereocenters. The second kappa shape index (κ2) is 5.34. The number of phenols is 1. The third kappa shape index (κ3) is 2.01. The Morgan fingerprint density at radius 3 is 2.59 bits per heavy atom. The number of allylic oxidation sites excluding steroid dienone is 1. The van der Waals surface area contributed by atoms with Gasteiger partial charge in [0.05, 0.1) is 5.52 Å². The number of H-pyrrole nitrogens is 1. The molecule has 3 heteroatoms. The monoisotopic (exact) mass is 292 g/mol. The number of aliphatic imine (C=N–C) groups is 1. The maximum atomic E-state index is 9.83. The Bertz CT molecular complexity index is 930. The first kappa shape index (κ1) is 14.4. The summed E-state index contributed by atoms with van der Waals surface area (Å²) in [5.74, 6) is 0.286. The molecule has 0 unspecified atom stereocenters. The number of aromatic amines is 1. The lowest BCUT2D eigenvalue weighted by molar-refractivity contribution is 0.476. The molecule has 3 nitrogen and oxygen atoms in total. The molecule has 0 radical (unpaired) electrons. The molecule has 0 aliphatic carbocycles. The molecule has 1 heterocycles. The van der Waals surface area contributed by atoms with Gasteiger partial charge in [-0.25, -0.2) is 0 Å². The van der Waals surface area contributed by atoms with Gasteiger partial charge in [-0.15, -0.1) is 0 Å². The first-order valence-corrected chi connectivity index (χ1v) is 7.41. The number of nitrogens with one attached hydrogen (secondary N) is 1. The van der Waals surface area contributed by atoms with E-state index in [9.17, 15) is 5.11 Å². The zero-order valence-electron chi connectivity index (χ0n) is 13.4. The van der Waals surface area contributed by atoms with Crippen LogP contribution in [-0.2, 0) is 0 Å². The van der Waals surface area contributed by atoms with Gasteiger partial charge in [0.2, 0.25) is 0 Å². The number of aryl methyl sites for hydroxylation is 2. The van der Waals surface area contributed by atoms with Gasteiger partial charge in [-0.05, 0) is 55.7 Å². The molecule has 1 aromatic heterocycles. The molecule has 0 aliphatic heterocycles. The van der Waals surface area contributed by atoms with Gasteiger partial charge >= 0.3 is 0 Å². The van der Waals surface area contributed by atoms with Crippen LogP contribution in [0.5, 0.6) is 5.75 Å². The van der Waals surface area contributed by atoms with Gasteiger partial charge in [-0.3, -0.25) is 4.99 Å². The molecule has 22 heavy (non-hydrogen) atoms. The average molecular weight is 292 g/mol. The van der Waals surface area contributed by atoms with Crippen LogP contribution in [0.1, 0.15) is 29.2 Å². The minimum absolute atomic E-state index is 0.286. The summed E-state index contributed by atoms with van der Waals surface area (Å²) < 4.78 is 0. The van der Waals surface area contributed by atoms with Gasteiger partial charge in [-0.2, -0.15) is 0 Å². The van der Waals surface area contributed by atoms with Crippen LogP contribution in [0.3, 0.4) is 0 Å². The van der Waals surface area contributed by atoms with E-state index in [4.69, 9.17) is 0 Å². The second-order valence-electron chi connectivity index (χ2n) is 5.57. The Balaban J connectivity index is 2.57. The highest BCUT2D eigenvalue weighted by Crippen LogP contribution is 2.36. The summed E-state index contributed by atoms with van der Waals surface area (Å²) >= 11 is 0. The highest BCUT2D eigenvalue weighted by Gasteiger charge is 2.16. The molecule has 0 amide bonds. The maximum absolute atomic E-state index is 9.83. The van der Waals surface area contributed by atoms with Crippen molar-refractivity contribution in [3.8, 4) is 5.75 Å². The standard InChI is InChI=1S/C19H20N2O/c1-5-6-14-12(3)19-18(11(2)16(14)10-20-4)15-9-13(22)7-8-17(15)21-19/h5-10,21-22H,1-4H3/b6-5-,20-10+. The van der Waals surface area contributed by atoms with Crippen LogP contribution in [0.4, 0.5) is 0 Å². The van der Waals surface area contributed by atoms with Crippen LogP contribution in [0.15, 0.2) is 29.3 Å². The first-order chi connectivity index (χ1) is 10.6. The van der Waals surface area contributed by atoms with E-state index in [0.717, 1.165) is 27.4 Å². The molecule has 3 rings (SSSR count). The smallest absolute Gasteiger partial charge is 0.116 e. The van der Waals surface area contributed by atoms with Crippen LogP contribution in [0, 0.1) is 13.8 Å². The van der Waals surface area contributed by atoms with Gasteiger partial charge in [-0.1, -0.05) is 12.2 Å². The largest absolute Gasteiger partial charge is 0.508 e. The summed E-state index contributed by atoms with van der Waals surface area (Å²) in [4.78, 5) is 7.71. The highest BCUT2D eigenvalue weighted by molar-refractivity contribution is 6.13. The highest BCUT2D eigenvalue weighted by atomic mass is 16.3. The normalized spacial score (nSPS) is 12.4. The Labute approximate surface area is 130 Å². The fourth-order valence-electron chi connectivity index (χ4n) is 3.20. The Hall–Kier alpha value is -2.55. The second-order valence-corrected chi connectivity index (χ2v) is 5.57. The molecule has 0 saturated heterocycles. The number of benzene rings is 2. The molecule has 0 bridgehead atoms. The first-order valence-electron chi connectivity index (χ1n) is 7.41. The number of aromatic nitrogens is 1. The molecule has 0 fully saturated rings. The van der Waals surface area contributed by atoms with Gasteiger partial charge in [0.15, 0.2) is 0 Å². The predicted octanol–water partition coefficient (Wildman–Crippen LogP) is 4.73. The third-order valence-corrected chi connectivity index (χ3v) is 4.22. The Morgan fingerprint density at radius 2 is 1.91 bits per heavy atom. The van der Waals surface area contributed by atoms with Crippen molar-refractivity contribution < 1.29 is 5.11 Å². The van der Waals surface area contributed by atoms with E-state index in [1.165, 1.54) is 16.7 Å². The van der Waals surface area contributed by atoms with E-state index in [1.54, 1.807) is 13.1 Å². The molecule has 3 aromatic rings. The number of rotatable bonds is 2. The lowest BCUT2D eigenvalue weighted by atomic mass is 9.92. The van der Waals surface area contributed by atoms with Crippen molar-refractivity contribution in [2.45, 2.75) is 20.8 Å². The number of fused-ring (bicyclic) bond motifs is 3. The minimum Gasteiger partial charge on any atom is -0.508 e. The van der Waals surface area contributed by atoms with Gasteiger partial charge < -0.3 is 10.1 Å². The van der Waals surface area contributed by atoms with Crippen LogP contribution < -0.4 is 0 Å². The molecule has 0 aliphatic rings. The lowest BCUT2D eigenvalue weighted by Crippen LogP contribution is -1.97. The third-order valence-electron chi connectivity index (χ3n) is 4.22. The van der Waals surface area contributed by atoms with Gasteiger partial charge in [0, 0.05) is 35.1 Å². The van der Waals surface area contributed by atoms with Crippen molar-refractivity contribution in [3.05, 3.63) is 46.5 Å². The van der Waals surface area contributed by atoms with Crippen LogP contribution in [-0.4, -0.2) is 23.4 Å². The summed E-state index contributed by atoms with van der Waals surface area (Å²) in [5.41, 5.74) is 6.86. The minimum atomic E-state index is 0.286. The zero-order chi connectivity index (χ0) is 15.9. The fraction of sp³-hybridized carbons (Fsp3) is 0.211. The average Bonchev–Trinajstić information content (AvgIpc) is 2.87. The number of hydrogen-bond acceptors (Lipinski definition) is 2. The van der Waals surface area contributed by atoms with E-state index in [-0.39, 0.29) is 5.75 Å². The fourth-order valence-corrected chi connectivity index (χ4v) is 3.20. The summed E-state index contributed by atoms with van der Waals surface area (Å²) in [6.45, 7) is 6.26. The Kier molecular flexibility index (Phi) is 3.49. The van der Waals surface area contributed by atoms with Crippen LogP contribution >= 0.6 is 0 Å². The van der Waals surface area contributed by atoms with E-state index < -0.39 is 0 Å². The molecule has 112 valence electrons. The van der Waals surface area contributed by atoms with E-state index in [1.807, 2.05) is 25.3 Å². The van der Waals surface area contributed by atoms with E-state index in [0.29, 0.717) is 0 Å². The van der Waals surface area contributed by atoms with Crippen molar-refractivity contribution in [1.82, 2.24) is 4.98 Å². The summed E-state index contributed by atoms with van der Waals surface area (Å²) in [6.07, 6.45) is 6.09. The van der Waals surface area contributed by atoms with Crippen molar-refractivity contribution in [3.63, 3.8) is 0 Å². The summed E-state index contributed by atoms with van der Waals surface area (Å²) in [7, 11) is 1.79. The van der Waals surface area contributed by atoms with E-state index in [2.05, 4.69) is 36.0 Å². The topological polar surface area (TPSA) is 48.4 Å². The number of nitrogens with zero attached hydrogens (tertiary/aromatic N) is 1. The van der Waals surface area contributed by atoms with Gasteiger partial charge in [0.25, 0.3) is 0 Å². The van der Waals surface area contributed by atoms with E-state index >= 15 is 0 Å². The number of hydrogen-bond donors (Lipinski definition) is 2. The summed E-state index contributed by atoms with van der Waals surface area (Å²) in [5, 5.41) is 12.0. The van der Waals surface area contributed by atoms with Crippen molar-refractivity contribution in [2.75, 3.05) is 7.05 Å². The van der Waals surface area contributed by atoms with Crippen molar-refractivity contribution in [2.24, 2.45) is 4.99 Å². The van der Waals surface area contributed by atoms with Gasteiger partial charge in [0.1, 0.15) is 5.75 Å². The molecule has 0 spiro atoms. The quantitative estimate of drug-likeness (QED) is 0.659. The number of aromatic hydroxyl groups is 1. The molecule has 2 aromatic carbocycles. The maximum Gasteiger partial charge on any atom is 0.116 e. The summed E-state index contributed by atoms with van der Waals surface area (Å²) in [6, 6.07) is 5.46.